The van der Waals surface area contributed by atoms with Gasteiger partial charge in [-0.1, -0.05) is 6.58 Å². The Hall–Kier alpha value is -2.18. The molecule has 0 radical (unpaired) electrons. The Kier molecular flexibility index (Phi) is 5.43. The first-order chi connectivity index (χ1) is 14.0. The van der Waals surface area contributed by atoms with E-state index < -0.39 is 44.6 Å². The van der Waals surface area contributed by atoms with Gasteiger partial charge in [0.05, 0.1) is 5.60 Å². The van der Waals surface area contributed by atoms with Crippen LogP contribution in [0.4, 0.5) is 19.1 Å². The Labute approximate surface area is 178 Å². The van der Waals surface area contributed by atoms with E-state index in [-0.39, 0.29) is 30.4 Å². The van der Waals surface area contributed by atoms with Gasteiger partial charge in [0.2, 0.25) is 5.95 Å². The molecule has 172 valence electrons. The quantitative estimate of drug-likeness (QED) is 0.700. The predicted octanol–water partition coefficient (Wildman–Crippen LogP) is 1.77. The third kappa shape index (κ3) is 4.03. The standard InChI is InChI=1S/C19H25F3N4O4S/c1-11-8-12(31(5,29)30)9-14(27)18(4)25(11)6-7-26(18)16-23-10-13(17(2,3)28)15(24-16)19(20,21)22/h8,10,14,27-28H,1,6-7,9H2,2-5H3/t14-,18?/m0/s1. The molecular formula is C19H25F3N4O4S. The topological polar surface area (TPSA) is 107 Å². The second-order valence-electron chi connectivity index (χ2n) is 8.48. The molecular weight excluding hydrogens is 437 g/mol. The highest BCUT2D eigenvalue weighted by Gasteiger charge is 2.52. The summed E-state index contributed by atoms with van der Waals surface area (Å²) >= 11 is 0. The molecule has 1 aromatic rings. The van der Waals surface area contributed by atoms with Crippen molar-refractivity contribution in [3.63, 3.8) is 0 Å². The largest absolute Gasteiger partial charge is 0.433 e. The van der Waals surface area contributed by atoms with Crippen LogP contribution in [0.25, 0.3) is 0 Å². The first kappa shape index (κ1) is 23.5. The van der Waals surface area contributed by atoms with Crippen LogP contribution in [0.1, 0.15) is 38.4 Å². The molecule has 8 nitrogen and oxygen atoms in total. The number of halogens is 3. The van der Waals surface area contributed by atoms with Crippen LogP contribution in [0, 0.1) is 0 Å². The molecule has 1 aromatic heterocycles. The van der Waals surface area contributed by atoms with E-state index in [1.807, 2.05) is 0 Å². The van der Waals surface area contributed by atoms with Crippen molar-refractivity contribution in [1.82, 2.24) is 14.9 Å². The smallest absolute Gasteiger partial charge is 0.388 e. The molecule has 0 saturated carbocycles. The van der Waals surface area contributed by atoms with Crippen LogP contribution < -0.4 is 4.90 Å². The lowest BCUT2D eigenvalue weighted by molar-refractivity contribution is -0.144. The van der Waals surface area contributed by atoms with Gasteiger partial charge in [0.1, 0.15) is 11.8 Å². The molecule has 1 saturated heterocycles. The third-order valence-electron chi connectivity index (χ3n) is 5.76. The Morgan fingerprint density at radius 3 is 2.35 bits per heavy atom. The zero-order valence-electron chi connectivity index (χ0n) is 17.6. The van der Waals surface area contributed by atoms with Crippen LogP contribution in [0.3, 0.4) is 0 Å². The van der Waals surface area contributed by atoms with E-state index in [0.29, 0.717) is 5.70 Å². The fraction of sp³-hybridized carbons (Fsp3) is 0.579. The summed E-state index contributed by atoms with van der Waals surface area (Å²) in [6.45, 7) is 8.31. The van der Waals surface area contributed by atoms with Gasteiger partial charge >= 0.3 is 6.18 Å². The van der Waals surface area contributed by atoms with Crippen molar-refractivity contribution in [3.05, 3.63) is 40.7 Å². The van der Waals surface area contributed by atoms with Gasteiger partial charge in [-0.15, -0.1) is 0 Å². The van der Waals surface area contributed by atoms with Gasteiger partial charge in [-0.05, 0) is 26.8 Å². The summed E-state index contributed by atoms with van der Waals surface area (Å²) in [7, 11) is -3.62. The number of allylic oxidation sites excluding steroid dienone is 1. The number of rotatable bonds is 3. The van der Waals surface area contributed by atoms with Crippen molar-refractivity contribution >= 4 is 15.8 Å². The van der Waals surface area contributed by atoms with Gasteiger partial charge in [0.25, 0.3) is 0 Å². The van der Waals surface area contributed by atoms with Crippen LogP contribution in [0.2, 0.25) is 0 Å². The van der Waals surface area contributed by atoms with Crippen molar-refractivity contribution in [2.75, 3.05) is 24.2 Å². The number of aliphatic hydroxyl groups excluding tert-OH is 1. The lowest BCUT2D eigenvalue weighted by Gasteiger charge is -2.44. The minimum absolute atomic E-state index is 0.0187. The minimum atomic E-state index is -4.84. The van der Waals surface area contributed by atoms with Gasteiger partial charge < -0.3 is 20.0 Å². The van der Waals surface area contributed by atoms with E-state index in [9.17, 15) is 31.8 Å². The summed E-state index contributed by atoms with van der Waals surface area (Å²) in [5, 5.41) is 21.1. The summed E-state index contributed by atoms with van der Waals surface area (Å²) in [6, 6.07) is 0. The number of sulfone groups is 1. The zero-order chi connectivity index (χ0) is 23.6. The molecule has 31 heavy (non-hydrogen) atoms. The third-order valence-corrected chi connectivity index (χ3v) is 7.00. The predicted molar refractivity (Wildman–Crippen MR) is 107 cm³/mol. The van der Waals surface area contributed by atoms with E-state index in [0.717, 1.165) is 12.5 Å². The van der Waals surface area contributed by atoms with Crippen LogP contribution in [-0.2, 0) is 21.6 Å². The van der Waals surface area contributed by atoms with Gasteiger partial charge in [0, 0.05) is 48.1 Å². The van der Waals surface area contributed by atoms with Crippen molar-refractivity contribution in [2.24, 2.45) is 0 Å². The number of hydrogen-bond acceptors (Lipinski definition) is 8. The molecule has 2 aliphatic rings. The highest BCUT2D eigenvalue weighted by molar-refractivity contribution is 7.94. The molecule has 0 amide bonds. The average Bonchev–Trinajstić information content (AvgIpc) is 2.92. The summed E-state index contributed by atoms with van der Waals surface area (Å²) in [5.41, 5.74) is -4.60. The van der Waals surface area contributed by atoms with Crippen molar-refractivity contribution in [2.45, 2.75) is 50.7 Å². The fourth-order valence-electron chi connectivity index (χ4n) is 4.03. The van der Waals surface area contributed by atoms with Crippen molar-refractivity contribution in [3.8, 4) is 0 Å². The molecule has 0 aliphatic carbocycles. The molecule has 12 heteroatoms. The molecule has 1 fully saturated rings. The summed E-state index contributed by atoms with van der Waals surface area (Å²) in [6.07, 6.45) is -3.06. The first-order valence-electron chi connectivity index (χ1n) is 9.47. The summed E-state index contributed by atoms with van der Waals surface area (Å²) in [5.74, 6) is -0.292. The molecule has 3 heterocycles. The highest BCUT2D eigenvalue weighted by atomic mass is 32.2. The maximum Gasteiger partial charge on any atom is 0.433 e. The summed E-state index contributed by atoms with van der Waals surface area (Å²) < 4.78 is 65.2. The SMILES string of the molecule is C=C1C=C(S(C)(=O)=O)C[C@H](O)C2(C)N1CCN2c1ncc(C(C)(C)O)c(C(F)(F)F)n1. The van der Waals surface area contributed by atoms with E-state index >= 15 is 0 Å². The molecule has 0 bridgehead atoms. The lowest BCUT2D eigenvalue weighted by atomic mass is 9.98. The fourth-order valence-corrected chi connectivity index (χ4v) is 4.84. The Bertz CT molecular complexity index is 1050. The lowest BCUT2D eigenvalue weighted by Crippen LogP contribution is -2.59. The maximum absolute atomic E-state index is 13.7. The first-order valence-corrected chi connectivity index (χ1v) is 11.4. The van der Waals surface area contributed by atoms with Crippen molar-refractivity contribution in [1.29, 1.82) is 0 Å². The molecule has 2 aliphatic heterocycles. The molecule has 3 rings (SSSR count). The van der Waals surface area contributed by atoms with Crippen LogP contribution in [0.15, 0.2) is 29.5 Å². The maximum atomic E-state index is 13.7. The van der Waals surface area contributed by atoms with E-state index in [4.69, 9.17) is 0 Å². The van der Waals surface area contributed by atoms with E-state index in [1.54, 1.807) is 11.8 Å². The molecule has 0 spiro atoms. The average molecular weight is 462 g/mol. The molecule has 0 aromatic carbocycles. The van der Waals surface area contributed by atoms with Gasteiger partial charge in [0.15, 0.2) is 15.5 Å². The van der Waals surface area contributed by atoms with E-state index in [2.05, 4.69) is 16.5 Å². The normalized spacial score (nSPS) is 25.4. The van der Waals surface area contributed by atoms with Gasteiger partial charge in [-0.3, -0.25) is 0 Å². The molecule has 1 unspecified atom stereocenters. The number of alkyl halides is 3. The second-order valence-corrected chi connectivity index (χ2v) is 10.5. The second kappa shape index (κ2) is 7.17. The highest BCUT2D eigenvalue weighted by Crippen LogP contribution is 2.42. The summed E-state index contributed by atoms with van der Waals surface area (Å²) in [4.78, 5) is 10.8. The number of nitrogens with zero attached hydrogens (tertiary/aromatic N) is 4. The van der Waals surface area contributed by atoms with Crippen LogP contribution in [-0.4, -0.2) is 64.6 Å². The van der Waals surface area contributed by atoms with Crippen molar-refractivity contribution < 1.29 is 31.8 Å². The van der Waals surface area contributed by atoms with E-state index in [1.165, 1.54) is 24.8 Å². The monoisotopic (exact) mass is 462 g/mol. The van der Waals surface area contributed by atoms with Crippen LogP contribution >= 0.6 is 0 Å². The number of hydrogen-bond donors (Lipinski definition) is 2. The minimum Gasteiger partial charge on any atom is -0.388 e. The molecule has 2 atom stereocenters. The number of fused-ring (bicyclic) bond motifs is 1. The van der Waals surface area contributed by atoms with Crippen LogP contribution in [0.5, 0.6) is 0 Å². The van der Waals surface area contributed by atoms with Gasteiger partial charge in [-0.2, -0.15) is 13.2 Å². The zero-order valence-corrected chi connectivity index (χ0v) is 18.4. The number of aromatic nitrogens is 2. The Morgan fingerprint density at radius 2 is 1.84 bits per heavy atom. The van der Waals surface area contributed by atoms with Gasteiger partial charge in [-0.25, -0.2) is 18.4 Å². The molecule has 2 N–H and O–H groups in total. The number of aliphatic hydroxyl groups is 2. The Morgan fingerprint density at radius 1 is 1.26 bits per heavy atom. The number of anilines is 1. The Balaban J connectivity index is 2.11.